The van der Waals surface area contributed by atoms with Gasteiger partial charge in [0.05, 0.1) is 0 Å². The molecule has 1 aromatic carbocycles. The monoisotopic (exact) mass is 408 g/mol. The van der Waals surface area contributed by atoms with Gasteiger partial charge in [0.15, 0.2) is 0 Å². The number of benzene rings is 1. The maximum Gasteiger partial charge on any atom is -1.00 e. The normalized spacial score (nSPS) is 19.7. The van der Waals surface area contributed by atoms with Gasteiger partial charge in [-0.1, -0.05) is 0 Å². The van der Waals surface area contributed by atoms with Crippen LogP contribution in [0.25, 0.3) is 0 Å². The van der Waals surface area contributed by atoms with Crippen LogP contribution in [0, 0.1) is 13.8 Å². The molecule has 0 bridgehead atoms. The molecule has 1 unspecified atom stereocenters. The summed E-state index contributed by atoms with van der Waals surface area (Å²) in [5, 5.41) is 1.60. The molecule has 0 saturated carbocycles. The molecule has 0 fully saturated rings. The first-order valence-corrected chi connectivity index (χ1v) is 11.2. The standard InChI is InChI=1S/C17H23Si.3ClH.Ti/c1-13-6-8-16(14(2)10-13)11-15-7-9-17(12-15)18(3,4)5;;;;/h6-10,12H,11H2,1-5H3;3*1H;/q;;;;+3/p-3. The zero-order chi connectivity index (χ0) is 14.3. The molecule has 0 amide bonds. The number of aryl methyl sites for hydroxylation is 2. The third kappa shape index (κ3) is 6.19. The zero-order valence-corrected chi connectivity index (χ0v) is 18.6. The predicted octanol–water partition coefficient (Wildman–Crippen LogP) is -4.06. The Morgan fingerprint density at radius 1 is 1.05 bits per heavy atom. The molecule has 0 radical (unpaired) electrons. The van der Waals surface area contributed by atoms with Crippen LogP contribution < -0.4 is 37.2 Å². The van der Waals surface area contributed by atoms with Crippen LogP contribution in [-0.2, 0) is 26.9 Å². The Balaban J connectivity index is 0. The topological polar surface area (TPSA) is 0 Å². The average molecular weight is 410 g/mol. The Kier molecular flexibility index (Phi) is 10.2. The van der Waals surface area contributed by atoms with Gasteiger partial charge in [0.1, 0.15) is 0 Å². The van der Waals surface area contributed by atoms with Gasteiger partial charge in [-0.05, 0) is 0 Å². The van der Waals surface area contributed by atoms with Crippen LogP contribution in [-0.4, -0.2) is 8.07 Å². The maximum atomic E-state index is 2.51. The summed E-state index contributed by atoms with van der Waals surface area (Å²) in [6, 6.07) is 6.82. The second-order valence-electron chi connectivity index (χ2n) is 6.83. The summed E-state index contributed by atoms with van der Waals surface area (Å²) in [5.74, 6) is 0. The Labute approximate surface area is 166 Å². The van der Waals surface area contributed by atoms with Gasteiger partial charge in [0.2, 0.25) is 0 Å². The first-order valence-electron chi connectivity index (χ1n) is 6.93. The van der Waals surface area contributed by atoms with Crippen LogP contribution in [0.5, 0.6) is 0 Å². The summed E-state index contributed by atoms with van der Waals surface area (Å²) in [4.78, 5) is 0. The van der Waals surface area contributed by atoms with E-state index in [4.69, 9.17) is 0 Å². The van der Waals surface area contributed by atoms with Crippen molar-refractivity contribution in [2.75, 3.05) is 0 Å². The second kappa shape index (κ2) is 9.11. The summed E-state index contributed by atoms with van der Waals surface area (Å²) >= 11 is 2.36. The predicted molar refractivity (Wildman–Crippen MR) is 82.9 cm³/mol. The molecule has 2 rings (SSSR count). The minimum Gasteiger partial charge on any atom is -1.00 e. The van der Waals surface area contributed by atoms with Gasteiger partial charge in [-0.2, -0.15) is 0 Å². The molecule has 0 saturated heterocycles. The minimum absolute atomic E-state index is 0. The summed E-state index contributed by atoms with van der Waals surface area (Å²) in [7, 11) is -1.18. The van der Waals surface area contributed by atoms with E-state index in [0.29, 0.717) is 0 Å². The Bertz CT molecular complexity index is 562. The molecular weight excluding hydrogens is 386 g/mol. The second-order valence-corrected chi connectivity index (χ2v) is 13.4. The summed E-state index contributed by atoms with van der Waals surface area (Å²) in [6.45, 7) is 11.7. The van der Waals surface area contributed by atoms with Crippen molar-refractivity contribution >= 4 is 8.07 Å². The van der Waals surface area contributed by atoms with E-state index in [1.165, 1.54) is 16.7 Å². The van der Waals surface area contributed by atoms with E-state index in [1.54, 1.807) is 5.20 Å². The average Bonchev–Trinajstić information content (AvgIpc) is 2.65. The Morgan fingerprint density at radius 2 is 1.64 bits per heavy atom. The first kappa shape index (κ1) is 24.7. The number of rotatable bonds is 3. The Hall–Kier alpha value is 0.501. The molecule has 5 heteroatoms. The largest absolute Gasteiger partial charge is 1.00 e. The van der Waals surface area contributed by atoms with Crippen molar-refractivity contribution in [3.05, 3.63) is 58.3 Å². The van der Waals surface area contributed by atoms with E-state index in [2.05, 4.69) is 90.4 Å². The minimum atomic E-state index is -1.18. The van der Waals surface area contributed by atoms with E-state index in [1.807, 2.05) is 0 Å². The van der Waals surface area contributed by atoms with E-state index >= 15 is 0 Å². The van der Waals surface area contributed by atoms with Gasteiger partial charge in [0, 0.05) is 0 Å². The fourth-order valence-electron chi connectivity index (χ4n) is 2.55. The molecular formula is C17H23Cl3SiTi. The van der Waals surface area contributed by atoms with Crippen molar-refractivity contribution in [1.82, 2.24) is 0 Å². The maximum absolute atomic E-state index is 2.51. The van der Waals surface area contributed by atoms with Gasteiger partial charge in [-0.15, -0.1) is 0 Å². The van der Waals surface area contributed by atoms with Crippen molar-refractivity contribution in [3.63, 3.8) is 0 Å². The molecule has 0 aromatic heterocycles. The van der Waals surface area contributed by atoms with E-state index in [9.17, 15) is 0 Å². The molecule has 1 aliphatic rings. The molecule has 1 aromatic rings. The van der Waals surface area contributed by atoms with E-state index in [0.717, 1.165) is 6.42 Å². The molecule has 120 valence electrons. The smallest absolute Gasteiger partial charge is 1.00 e. The SMILES string of the molecule is Cc1ccc(C[C]2([Ti+3])C=CC([Si](C)(C)C)=C2)c(C)c1.[Cl-].[Cl-].[Cl-]. The van der Waals surface area contributed by atoms with Crippen molar-refractivity contribution in [1.29, 1.82) is 0 Å². The molecule has 0 spiro atoms. The van der Waals surface area contributed by atoms with Gasteiger partial charge in [-0.25, -0.2) is 0 Å². The number of hydrogen-bond donors (Lipinski definition) is 0. The van der Waals surface area contributed by atoms with Crippen LogP contribution in [0.3, 0.4) is 0 Å². The van der Waals surface area contributed by atoms with Crippen LogP contribution in [0.2, 0.25) is 23.4 Å². The molecule has 0 aliphatic heterocycles. The summed E-state index contributed by atoms with van der Waals surface area (Å²) in [5.41, 5.74) is 4.25. The van der Waals surface area contributed by atoms with Gasteiger partial charge in [-0.3, -0.25) is 0 Å². The van der Waals surface area contributed by atoms with Crippen LogP contribution in [0.1, 0.15) is 16.7 Å². The molecule has 0 heterocycles. The van der Waals surface area contributed by atoms with Gasteiger partial charge >= 0.3 is 130 Å². The van der Waals surface area contributed by atoms with Crippen molar-refractivity contribution < 1.29 is 57.7 Å². The number of halogens is 3. The third-order valence-corrected chi connectivity index (χ3v) is 6.63. The molecule has 0 nitrogen and oxygen atoms in total. The molecule has 1 aliphatic carbocycles. The molecule has 0 N–H and O–H groups in total. The van der Waals surface area contributed by atoms with Crippen LogP contribution in [0.15, 0.2) is 41.6 Å². The summed E-state index contributed by atoms with van der Waals surface area (Å²) < 4.78 is 0.204. The van der Waals surface area contributed by atoms with Gasteiger partial charge in [0.25, 0.3) is 0 Å². The van der Waals surface area contributed by atoms with Crippen molar-refractivity contribution in [2.24, 2.45) is 0 Å². The third-order valence-electron chi connectivity index (χ3n) is 3.82. The number of allylic oxidation sites excluding steroid dienone is 4. The fraction of sp³-hybridized carbons (Fsp3) is 0.412. The van der Waals surface area contributed by atoms with E-state index < -0.39 is 8.07 Å². The fourth-order valence-corrected chi connectivity index (χ4v) is 4.72. The van der Waals surface area contributed by atoms with Crippen molar-refractivity contribution in [3.8, 4) is 0 Å². The van der Waals surface area contributed by atoms with E-state index in [-0.39, 0.29) is 40.9 Å². The molecule has 22 heavy (non-hydrogen) atoms. The first-order chi connectivity index (χ1) is 8.70. The van der Waals surface area contributed by atoms with Crippen molar-refractivity contribution in [2.45, 2.75) is 43.6 Å². The number of hydrogen-bond acceptors (Lipinski definition) is 0. The van der Waals surface area contributed by atoms with Crippen LogP contribution >= 0.6 is 0 Å². The Morgan fingerprint density at radius 3 is 2.09 bits per heavy atom. The van der Waals surface area contributed by atoms with Gasteiger partial charge < -0.3 is 37.2 Å². The van der Waals surface area contributed by atoms with Crippen LogP contribution in [0.4, 0.5) is 0 Å². The zero-order valence-electron chi connectivity index (χ0n) is 13.8. The molecule has 1 atom stereocenters. The summed E-state index contributed by atoms with van der Waals surface area (Å²) in [6.07, 6.45) is 8.40. The quantitative estimate of drug-likeness (QED) is 0.446.